The normalized spacial score (nSPS) is 10.7. The summed E-state index contributed by atoms with van der Waals surface area (Å²) < 4.78 is 0. The monoisotopic (exact) mass is 204 g/mol. The number of aromatic nitrogens is 1. The van der Waals surface area contributed by atoms with Crippen molar-refractivity contribution in [3.05, 3.63) is 45.6 Å². The number of nitro groups is 1. The fourth-order valence-corrected chi connectivity index (χ4v) is 1.86. The molecule has 78 valence electrons. The lowest BCUT2D eigenvalue weighted by Crippen LogP contribution is -2.04. The van der Waals surface area contributed by atoms with E-state index in [2.05, 4.69) is 4.98 Å². The highest BCUT2D eigenvalue weighted by Crippen LogP contribution is 2.21. The molecule has 1 aromatic carbocycles. The molecule has 0 spiro atoms. The molecule has 2 aromatic rings. The van der Waals surface area contributed by atoms with Crippen molar-refractivity contribution in [1.29, 1.82) is 0 Å². The van der Waals surface area contributed by atoms with Gasteiger partial charge in [-0.2, -0.15) is 0 Å². The van der Waals surface area contributed by atoms with Crippen molar-refractivity contribution in [3.63, 3.8) is 0 Å². The molecule has 1 N–H and O–H groups in total. The zero-order valence-electron chi connectivity index (χ0n) is 8.49. The van der Waals surface area contributed by atoms with E-state index in [9.17, 15) is 10.1 Å². The summed E-state index contributed by atoms with van der Waals surface area (Å²) >= 11 is 0. The Kier molecular flexibility index (Phi) is 2.41. The SMILES string of the molecule is Cc1[nH]c2ccccc2c1CC[N+](=O)[O-]. The number of hydrogen-bond acceptors (Lipinski definition) is 2. The van der Waals surface area contributed by atoms with Gasteiger partial charge in [0.15, 0.2) is 0 Å². The van der Waals surface area contributed by atoms with Gasteiger partial charge in [0.05, 0.1) is 0 Å². The predicted molar refractivity (Wildman–Crippen MR) is 58.6 cm³/mol. The molecule has 0 fully saturated rings. The molecule has 1 heterocycles. The summed E-state index contributed by atoms with van der Waals surface area (Å²) in [7, 11) is 0. The molecule has 0 aliphatic carbocycles. The number of hydrogen-bond donors (Lipinski definition) is 1. The minimum absolute atomic E-state index is 0.0112. The van der Waals surface area contributed by atoms with Gasteiger partial charge in [-0.1, -0.05) is 18.2 Å². The molecule has 0 saturated heterocycles. The first kappa shape index (κ1) is 9.71. The van der Waals surface area contributed by atoms with Crippen LogP contribution in [-0.2, 0) is 6.42 Å². The predicted octanol–water partition coefficient (Wildman–Crippen LogP) is 2.30. The van der Waals surface area contributed by atoms with E-state index < -0.39 is 0 Å². The molecule has 0 radical (unpaired) electrons. The van der Waals surface area contributed by atoms with Crippen molar-refractivity contribution in [2.75, 3.05) is 6.54 Å². The van der Waals surface area contributed by atoms with Crippen LogP contribution in [0.4, 0.5) is 0 Å². The van der Waals surface area contributed by atoms with Gasteiger partial charge in [-0.25, -0.2) is 0 Å². The Balaban J connectivity index is 2.40. The van der Waals surface area contributed by atoms with Gasteiger partial charge < -0.3 is 4.98 Å². The topological polar surface area (TPSA) is 58.9 Å². The lowest BCUT2D eigenvalue weighted by atomic mass is 10.1. The van der Waals surface area contributed by atoms with Gasteiger partial charge in [0.25, 0.3) is 0 Å². The van der Waals surface area contributed by atoms with Gasteiger partial charge in [-0.05, 0) is 18.6 Å². The van der Waals surface area contributed by atoms with Crippen molar-refractivity contribution in [1.82, 2.24) is 4.98 Å². The Hall–Kier alpha value is -1.84. The average molecular weight is 204 g/mol. The third kappa shape index (κ3) is 1.83. The molecule has 0 atom stereocenters. The Morgan fingerprint density at radius 2 is 2.13 bits per heavy atom. The van der Waals surface area contributed by atoms with Crippen LogP contribution in [0.5, 0.6) is 0 Å². The van der Waals surface area contributed by atoms with Crippen LogP contribution in [0.15, 0.2) is 24.3 Å². The van der Waals surface area contributed by atoms with Crippen LogP contribution >= 0.6 is 0 Å². The van der Waals surface area contributed by atoms with Crippen molar-refractivity contribution in [2.24, 2.45) is 0 Å². The minimum Gasteiger partial charge on any atom is -0.358 e. The van der Waals surface area contributed by atoms with Crippen LogP contribution in [0.25, 0.3) is 10.9 Å². The maximum Gasteiger partial charge on any atom is 0.207 e. The Morgan fingerprint density at radius 1 is 1.40 bits per heavy atom. The number of nitrogens with zero attached hydrogens (tertiary/aromatic N) is 1. The first-order chi connectivity index (χ1) is 7.18. The molecule has 15 heavy (non-hydrogen) atoms. The minimum atomic E-state index is -0.277. The van der Waals surface area contributed by atoms with Crippen LogP contribution in [0, 0.1) is 17.0 Å². The summed E-state index contributed by atoms with van der Waals surface area (Å²) in [5.74, 6) is 0. The summed E-state index contributed by atoms with van der Waals surface area (Å²) in [5, 5.41) is 11.4. The molecule has 0 aliphatic rings. The second-order valence-corrected chi connectivity index (χ2v) is 3.58. The lowest BCUT2D eigenvalue weighted by molar-refractivity contribution is -0.479. The van der Waals surface area contributed by atoms with Crippen LogP contribution in [0.1, 0.15) is 11.3 Å². The number of H-pyrrole nitrogens is 1. The lowest BCUT2D eigenvalue weighted by Gasteiger charge is -1.96. The number of aryl methyl sites for hydroxylation is 1. The average Bonchev–Trinajstić information content (AvgIpc) is 2.50. The third-order valence-electron chi connectivity index (χ3n) is 2.57. The highest BCUT2D eigenvalue weighted by molar-refractivity contribution is 5.84. The highest BCUT2D eigenvalue weighted by atomic mass is 16.6. The largest absolute Gasteiger partial charge is 0.358 e. The summed E-state index contributed by atoms with van der Waals surface area (Å²) in [6.45, 7) is 1.94. The zero-order valence-corrected chi connectivity index (χ0v) is 8.49. The maximum absolute atomic E-state index is 10.3. The number of benzene rings is 1. The maximum atomic E-state index is 10.3. The standard InChI is InChI=1S/C11H12N2O2/c1-8-9(6-7-13(14)15)10-4-2-3-5-11(10)12-8/h2-5,12H,6-7H2,1H3. The molecule has 0 saturated carbocycles. The molecular weight excluding hydrogens is 192 g/mol. The Morgan fingerprint density at radius 3 is 2.87 bits per heavy atom. The molecule has 4 nitrogen and oxygen atoms in total. The first-order valence-corrected chi connectivity index (χ1v) is 4.86. The van der Waals surface area contributed by atoms with Crippen LogP contribution in [-0.4, -0.2) is 16.5 Å². The number of aromatic amines is 1. The van der Waals surface area contributed by atoms with Crippen molar-refractivity contribution < 1.29 is 4.92 Å². The van der Waals surface area contributed by atoms with Crippen molar-refractivity contribution in [3.8, 4) is 0 Å². The van der Waals surface area contributed by atoms with Gasteiger partial charge in [-0.3, -0.25) is 10.1 Å². The summed E-state index contributed by atoms with van der Waals surface area (Å²) in [6.07, 6.45) is 0.489. The quantitative estimate of drug-likeness (QED) is 0.616. The molecule has 4 heteroatoms. The Labute approximate surface area is 87.1 Å². The van der Waals surface area contributed by atoms with Crippen LogP contribution < -0.4 is 0 Å². The molecule has 0 unspecified atom stereocenters. The number of rotatable bonds is 3. The van der Waals surface area contributed by atoms with Gasteiger partial charge in [0.2, 0.25) is 6.54 Å². The molecular formula is C11H12N2O2. The van der Waals surface area contributed by atoms with Crippen LogP contribution in [0.3, 0.4) is 0 Å². The molecule has 0 amide bonds. The fourth-order valence-electron chi connectivity index (χ4n) is 1.86. The van der Waals surface area contributed by atoms with E-state index >= 15 is 0 Å². The Bertz CT molecular complexity index is 502. The van der Waals surface area contributed by atoms with E-state index in [1.165, 1.54) is 0 Å². The van der Waals surface area contributed by atoms with Gasteiger partial charge in [0.1, 0.15) is 0 Å². The van der Waals surface area contributed by atoms with E-state index in [0.717, 1.165) is 22.2 Å². The van der Waals surface area contributed by atoms with E-state index in [-0.39, 0.29) is 11.5 Å². The second-order valence-electron chi connectivity index (χ2n) is 3.58. The van der Waals surface area contributed by atoms with Gasteiger partial charge in [-0.15, -0.1) is 0 Å². The fraction of sp³-hybridized carbons (Fsp3) is 0.273. The number of fused-ring (bicyclic) bond motifs is 1. The van der Waals surface area contributed by atoms with Crippen molar-refractivity contribution in [2.45, 2.75) is 13.3 Å². The summed E-state index contributed by atoms with van der Waals surface area (Å²) in [4.78, 5) is 13.3. The van der Waals surface area contributed by atoms with E-state index in [1.807, 2.05) is 31.2 Å². The summed E-state index contributed by atoms with van der Waals surface area (Å²) in [6, 6.07) is 7.88. The van der Waals surface area contributed by atoms with E-state index in [0.29, 0.717) is 6.42 Å². The molecule has 0 aliphatic heterocycles. The number of nitrogens with one attached hydrogen (secondary N) is 1. The van der Waals surface area contributed by atoms with Crippen molar-refractivity contribution >= 4 is 10.9 Å². The van der Waals surface area contributed by atoms with E-state index in [4.69, 9.17) is 0 Å². The molecule has 2 rings (SSSR count). The van der Waals surface area contributed by atoms with Gasteiger partial charge in [0, 0.05) is 27.9 Å². The smallest absolute Gasteiger partial charge is 0.207 e. The highest BCUT2D eigenvalue weighted by Gasteiger charge is 2.09. The van der Waals surface area contributed by atoms with E-state index in [1.54, 1.807) is 0 Å². The summed E-state index contributed by atoms with van der Waals surface area (Å²) in [5.41, 5.74) is 3.13. The number of para-hydroxylation sites is 1. The second kappa shape index (κ2) is 3.73. The van der Waals surface area contributed by atoms with Gasteiger partial charge >= 0.3 is 0 Å². The first-order valence-electron chi connectivity index (χ1n) is 4.86. The molecule has 0 bridgehead atoms. The van der Waals surface area contributed by atoms with Crippen LogP contribution in [0.2, 0.25) is 0 Å². The third-order valence-corrected chi connectivity index (χ3v) is 2.57. The zero-order chi connectivity index (χ0) is 10.8. The molecule has 1 aromatic heterocycles.